The van der Waals surface area contributed by atoms with E-state index < -0.39 is 23.2 Å². The fourth-order valence-corrected chi connectivity index (χ4v) is 2.04. The summed E-state index contributed by atoms with van der Waals surface area (Å²) in [7, 11) is 0. The Morgan fingerprint density at radius 3 is 2.57 bits per heavy atom. The molecule has 0 heterocycles. The third-order valence-electron chi connectivity index (χ3n) is 3.47. The van der Waals surface area contributed by atoms with Gasteiger partial charge in [0.15, 0.2) is 0 Å². The van der Waals surface area contributed by atoms with Crippen LogP contribution in [0.1, 0.15) is 27.0 Å². The van der Waals surface area contributed by atoms with Crippen molar-refractivity contribution in [3.8, 4) is 0 Å². The molecule has 2 aromatic rings. The molecule has 0 unspecified atom stereocenters. The highest BCUT2D eigenvalue weighted by atomic mass is 19.1. The number of hydrogen-bond acceptors (Lipinski definition) is 2. The van der Waals surface area contributed by atoms with Gasteiger partial charge >= 0.3 is 5.97 Å². The van der Waals surface area contributed by atoms with Gasteiger partial charge in [0.25, 0.3) is 0 Å². The molecule has 0 aromatic heterocycles. The van der Waals surface area contributed by atoms with Crippen molar-refractivity contribution in [1.82, 2.24) is 0 Å². The van der Waals surface area contributed by atoms with Gasteiger partial charge in [-0.25, -0.2) is 13.6 Å². The maximum absolute atomic E-state index is 13.7. The second kappa shape index (κ2) is 5.91. The van der Waals surface area contributed by atoms with Gasteiger partial charge in [-0.3, -0.25) is 0 Å². The molecular weight excluding hydrogens is 276 g/mol. The number of carboxylic acid groups (broad SMARTS) is 1. The van der Waals surface area contributed by atoms with E-state index in [4.69, 9.17) is 5.11 Å². The van der Waals surface area contributed by atoms with Crippen LogP contribution in [-0.4, -0.2) is 11.1 Å². The molecule has 0 fully saturated rings. The van der Waals surface area contributed by atoms with E-state index in [1.54, 1.807) is 0 Å². The summed E-state index contributed by atoms with van der Waals surface area (Å²) in [5.41, 5.74) is 2.57. The molecule has 0 aliphatic heterocycles. The molecule has 0 aliphatic rings. The van der Waals surface area contributed by atoms with Gasteiger partial charge in [0.05, 0.1) is 11.3 Å². The predicted molar refractivity (Wildman–Crippen MR) is 76.6 cm³/mol. The second-order valence-corrected chi connectivity index (χ2v) is 4.83. The zero-order valence-electron chi connectivity index (χ0n) is 11.7. The minimum atomic E-state index is -1.43. The Morgan fingerprint density at radius 1 is 1.19 bits per heavy atom. The van der Waals surface area contributed by atoms with Crippen molar-refractivity contribution in [3.63, 3.8) is 0 Å². The normalized spacial score (nSPS) is 10.5. The van der Waals surface area contributed by atoms with Crippen LogP contribution in [0.3, 0.4) is 0 Å². The summed E-state index contributed by atoms with van der Waals surface area (Å²) in [6, 6.07) is 7.31. The molecule has 0 atom stereocenters. The van der Waals surface area contributed by atoms with Gasteiger partial charge in [0.2, 0.25) is 0 Å². The number of benzene rings is 2. The van der Waals surface area contributed by atoms with Crippen molar-refractivity contribution in [2.45, 2.75) is 20.4 Å². The number of aryl methyl sites for hydroxylation is 1. The number of carbonyl (C=O) groups is 1. The highest BCUT2D eigenvalue weighted by Gasteiger charge is 2.15. The smallest absolute Gasteiger partial charge is 0.338 e. The van der Waals surface area contributed by atoms with Gasteiger partial charge in [0.1, 0.15) is 11.6 Å². The van der Waals surface area contributed by atoms with Crippen LogP contribution < -0.4 is 5.32 Å². The van der Waals surface area contributed by atoms with Crippen molar-refractivity contribution >= 4 is 11.7 Å². The molecule has 5 heteroatoms. The van der Waals surface area contributed by atoms with E-state index in [9.17, 15) is 13.6 Å². The van der Waals surface area contributed by atoms with E-state index in [0.29, 0.717) is 12.6 Å². The van der Waals surface area contributed by atoms with Crippen molar-refractivity contribution in [2.75, 3.05) is 5.32 Å². The molecule has 0 bridgehead atoms. The van der Waals surface area contributed by atoms with E-state index >= 15 is 0 Å². The van der Waals surface area contributed by atoms with Gasteiger partial charge in [-0.1, -0.05) is 18.2 Å². The monoisotopic (exact) mass is 291 g/mol. The minimum absolute atomic E-state index is 0.0327. The molecule has 2 rings (SSSR count). The molecule has 0 radical (unpaired) electrons. The molecule has 3 nitrogen and oxygen atoms in total. The van der Waals surface area contributed by atoms with Crippen LogP contribution in [0.15, 0.2) is 30.3 Å². The van der Waals surface area contributed by atoms with E-state index in [1.165, 1.54) is 0 Å². The number of anilines is 1. The van der Waals surface area contributed by atoms with Crippen LogP contribution in [0.2, 0.25) is 0 Å². The van der Waals surface area contributed by atoms with Crippen molar-refractivity contribution in [3.05, 3.63) is 64.2 Å². The summed E-state index contributed by atoms with van der Waals surface area (Å²) < 4.78 is 27.0. The summed E-state index contributed by atoms with van der Waals surface area (Å²) in [6.07, 6.45) is 0. The molecular formula is C16H15F2NO2. The third kappa shape index (κ3) is 3.18. The number of halogens is 2. The first kappa shape index (κ1) is 15.0. The summed E-state index contributed by atoms with van der Waals surface area (Å²) in [5.74, 6) is -3.33. The zero-order valence-corrected chi connectivity index (χ0v) is 11.7. The minimum Gasteiger partial charge on any atom is -0.478 e. The molecule has 2 N–H and O–H groups in total. The molecule has 0 saturated carbocycles. The van der Waals surface area contributed by atoms with E-state index in [-0.39, 0.29) is 5.69 Å². The van der Waals surface area contributed by atoms with E-state index in [1.807, 2.05) is 32.0 Å². The summed E-state index contributed by atoms with van der Waals surface area (Å²) >= 11 is 0. The molecule has 21 heavy (non-hydrogen) atoms. The molecule has 0 amide bonds. The molecule has 2 aromatic carbocycles. The predicted octanol–water partition coefficient (Wildman–Crippen LogP) is 3.89. The highest BCUT2D eigenvalue weighted by Crippen LogP contribution is 2.21. The van der Waals surface area contributed by atoms with Crippen LogP contribution >= 0.6 is 0 Å². The van der Waals surface area contributed by atoms with Crippen molar-refractivity contribution < 1.29 is 18.7 Å². The molecule has 110 valence electrons. The Kier molecular flexibility index (Phi) is 4.21. The number of nitrogens with one attached hydrogen (secondary N) is 1. The van der Waals surface area contributed by atoms with Gasteiger partial charge in [-0.2, -0.15) is 0 Å². The first-order valence-electron chi connectivity index (χ1n) is 6.41. The van der Waals surface area contributed by atoms with Crippen LogP contribution in [0.4, 0.5) is 14.5 Å². The van der Waals surface area contributed by atoms with Crippen LogP contribution in [0.25, 0.3) is 0 Å². The number of aromatic carboxylic acids is 1. The Labute approximate surface area is 121 Å². The van der Waals surface area contributed by atoms with Gasteiger partial charge < -0.3 is 10.4 Å². The standard InChI is InChI=1S/C16H15F2NO2/c1-9-4-3-5-11(10(9)2)8-19-15-6-12(16(20)21)13(17)7-14(15)18/h3-7,19H,8H2,1-2H3,(H,20,21). The Hall–Kier alpha value is -2.43. The fraction of sp³-hybridized carbons (Fsp3) is 0.188. The average molecular weight is 291 g/mol. The maximum Gasteiger partial charge on any atom is 0.338 e. The number of rotatable bonds is 4. The SMILES string of the molecule is Cc1cccc(CNc2cc(C(=O)O)c(F)cc2F)c1C. The van der Waals surface area contributed by atoms with E-state index in [2.05, 4.69) is 5.32 Å². The summed E-state index contributed by atoms with van der Waals surface area (Å²) in [4.78, 5) is 10.9. The van der Waals surface area contributed by atoms with Crippen LogP contribution in [0, 0.1) is 25.5 Å². The number of carboxylic acids is 1. The Bertz CT molecular complexity index is 699. The van der Waals surface area contributed by atoms with Crippen LogP contribution in [-0.2, 0) is 6.54 Å². The largest absolute Gasteiger partial charge is 0.478 e. The van der Waals surface area contributed by atoms with Crippen LogP contribution in [0.5, 0.6) is 0 Å². The lowest BCUT2D eigenvalue weighted by Crippen LogP contribution is -2.07. The van der Waals surface area contributed by atoms with Gasteiger partial charge in [0, 0.05) is 12.6 Å². The van der Waals surface area contributed by atoms with Gasteiger partial charge in [-0.15, -0.1) is 0 Å². The molecule has 0 spiro atoms. The fourth-order valence-electron chi connectivity index (χ4n) is 2.04. The second-order valence-electron chi connectivity index (χ2n) is 4.83. The Morgan fingerprint density at radius 2 is 1.90 bits per heavy atom. The lowest BCUT2D eigenvalue weighted by molar-refractivity contribution is 0.0692. The number of hydrogen-bond donors (Lipinski definition) is 2. The first-order chi connectivity index (χ1) is 9.90. The molecule has 0 saturated heterocycles. The van der Waals surface area contributed by atoms with Crippen molar-refractivity contribution in [1.29, 1.82) is 0 Å². The average Bonchev–Trinajstić information content (AvgIpc) is 2.41. The highest BCUT2D eigenvalue weighted by molar-refractivity contribution is 5.89. The first-order valence-corrected chi connectivity index (χ1v) is 6.41. The summed E-state index contributed by atoms with van der Waals surface area (Å²) in [5, 5.41) is 11.7. The summed E-state index contributed by atoms with van der Waals surface area (Å²) in [6.45, 7) is 4.25. The third-order valence-corrected chi connectivity index (χ3v) is 3.47. The topological polar surface area (TPSA) is 49.3 Å². The van der Waals surface area contributed by atoms with E-state index in [0.717, 1.165) is 22.8 Å². The molecule has 0 aliphatic carbocycles. The van der Waals surface area contributed by atoms with Gasteiger partial charge in [-0.05, 0) is 36.6 Å². The van der Waals surface area contributed by atoms with Crippen molar-refractivity contribution in [2.24, 2.45) is 0 Å². The lowest BCUT2D eigenvalue weighted by atomic mass is 10.0. The maximum atomic E-state index is 13.7. The lowest BCUT2D eigenvalue weighted by Gasteiger charge is -2.12. The quantitative estimate of drug-likeness (QED) is 0.898. The zero-order chi connectivity index (χ0) is 15.6. The Balaban J connectivity index is 2.26.